The Bertz CT molecular complexity index is 502. The van der Waals surface area contributed by atoms with Crippen LogP contribution in [0.5, 0.6) is 0 Å². The lowest BCUT2D eigenvalue weighted by molar-refractivity contribution is -0.140. The topological polar surface area (TPSA) is 122 Å². The van der Waals surface area contributed by atoms with Gasteiger partial charge in [-0.15, -0.1) is 11.8 Å². The van der Waals surface area contributed by atoms with E-state index >= 15 is 0 Å². The summed E-state index contributed by atoms with van der Waals surface area (Å²) >= 11 is 1.10. The lowest BCUT2D eigenvalue weighted by Crippen LogP contribution is -2.41. The summed E-state index contributed by atoms with van der Waals surface area (Å²) < 4.78 is 4.81. The highest BCUT2D eigenvalue weighted by atomic mass is 32.2. The molecule has 0 saturated carbocycles. The lowest BCUT2D eigenvalue weighted by Gasteiger charge is -2.12. The van der Waals surface area contributed by atoms with Crippen LogP contribution in [0.1, 0.15) is 12.6 Å². The van der Waals surface area contributed by atoms with Gasteiger partial charge in [-0.3, -0.25) is 14.9 Å². The summed E-state index contributed by atoms with van der Waals surface area (Å²) in [6, 6.07) is 0.553. The number of hydrogen-bond donors (Lipinski definition) is 3. The van der Waals surface area contributed by atoms with Gasteiger partial charge in [-0.05, 0) is 6.92 Å². The van der Waals surface area contributed by atoms with Gasteiger partial charge in [-0.2, -0.15) is 0 Å². The first-order chi connectivity index (χ1) is 9.38. The number of nitrogens with zero attached hydrogens (tertiary/aromatic N) is 1. The van der Waals surface area contributed by atoms with Gasteiger partial charge in [-0.1, -0.05) is 5.16 Å². The fourth-order valence-corrected chi connectivity index (χ4v) is 2.12. The first kappa shape index (κ1) is 16.0. The van der Waals surface area contributed by atoms with E-state index in [2.05, 4.69) is 15.8 Å². The van der Waals surface area contributed by atoms with Crippen LogP contribution in [0.25, 0.3) is 0 Å². The van der Waals surface area contributed by atoms with Gasteiger partial charge in [0, 0.05) is 18.7 Å². The minimum absolute atomic E-state index is 0.0448. The third-order valence-electron chi connectivity index (χ3n) is 2.08. The quantitative estimate of drug-likeness (QED) is 0.659. The van der Waals surface area contributed by atoms with Crippen LogP contribution in [0.2, 0.25) is 0 Å². The fraction of sp³-hybridized carbons (Fsp3) is 0.455. The Morgan fingerprint density at radius 1 is 1.50 bits per heavy atom. The molecule has 1 atom stereocenters. The maximum Gasteiger partial charge on any atom is 0.327 e. The minimum Gasteiger partial charge on any atom is -0.480 e. The second kappa shape index (κ2) is 7.53. The largest absolute Gasteiger partial charge is 0.480 e. The van der Waals surface area contributed by atoms with E-state index in [1.54, 1.807) is 13.0 Å². The molecule has 0 fully saturated rings. The minimum atomic E-state index is -1.14. The molecule has 0 bridgehead atoms. The molecule has 1 unspecified atom stereocenters. The van der Waals surface area contributed by atoms with Crippen LogP contribution < -0.4 is 10.6 Å². The van der Waals surface area contributed by atoms with E-state index < -0.39 is 17.9 Å². The van der Waals surface area contributed by atoms with E-state index in [-0.39, 0.29) is 23.3 Å². The number of carbonyl (C=O) groups is 3. The number of aromatic nitrogens is 1. The van der Waals surface area contributed by atoms with Gasteiger partial charge in [-0.25, -0.2) is 4.79 Å². The number of rotatable bonds is 7. The molecule has 2 amide bonds. The predicted molar refractivity (Wildman–Crippen MR) is 72.4 cm³/mol. The standard InChI is InChI=1S/C11H15N3O5S/c1-6-3-10(19-14-6)13-9(16)5-20-4-8(11(17)18)12-7(2)15/h3,8H,4-5H2,1-2H3,(H,12,15)(H,13,16)(H,17,18). The van der Waals surface area contributed by atoms with Crippen molar-refractivity contribution in [3.05, 3.63) is 11.8 Å². The van der Waals surface area contributed by atoms with Crippen molar-refractivity contribution in [3.8, 4) is 0 Å². The molecule has 0 aliphatic rings. The number of carboxylic acid groups (broad SMARTS) is 1. The Hall–Kier alpha value is -2.03. The van der Waals surface area contributed by atoms with Crippen LogP contribution in [0.3, 0.4) is 0 Å². The van der Waals surface area contributed by atoms with E-state index in [1.165, 1.54) is 6.92 Å². The van der Waals surface area contributed by atoms with Crippen LogP contribution in [-0.4, -0.2) is 45.6 Å². The molecule has 9 heteroatoms. The number of amides is 2. The zero-order chi connectivity index (χ0) is 15.1. The summed E-state index contributed by atoms with van der Waals surface area (Å²) in [7, 11) is 0. The maximum absolute atomic E-state index is 11.5. The van der Waals surface area contributed by atoms with Crippen LogP contribution in [0, 0.1) is 6.92 Å². The SMILES string of the molecule is CC(=O)NC(CSCC(=O)Nc1cc(C)no1)C(=O)O. The van der Waals surface area contributed by atoms with Crippen molar-refractivity contribution in [2.45, 2.75) is 19.9 Å². The van der Waals surface area contributed by atoms with Gasteiger partial charge in [0.25, 0.3) is 0 Å². The zero-order valence-corrected chi connectivity index (χ0v) is 11.8. The second-order valence-corrected chi connectivity index (χ2v) is 5.02. The number of aliphatic carboxylic acids is 1. The molecule has 0 aliphatic carbocycles. The number of thioether (sulfide) groups is 1. The van der Waals surface area contributed by atoms with E-state index in [9.17, 15) is 14.4 Å². The Labute approximate surface area is 119 Å². The van der Waals surface area contributed by atoms with Gasteiger partial charge >= 0.3 is 5.97 Å². The van der Waals surface area contributed by atoms with Crippen molar-refractivity contribution in [3.63, 3.8) is 0 Å². The van der Waals surface area contributed by atoms with Crippen molar-refractivity contribution >= 4 is 35.4 Å². The number of carboxylic acids is 1. The number of anilines is 1. The summed E-state index contributed by atoms with van der Waals surface area (Å²) in [6.45, 7) is 2.96. The zero-order valence-electron chi connectivity index (χ0n) is 11.0. The molecule has 0 aliphatic heterocycles. The first-order valence-electron chi connectivity index (χ1n) is 5.69. The average Bonchev–Trinajstić information content (AvgIpc) is 2.72. The Balaban J connectivity index is 2.33. The molecular formula is C11H15N3O5S. The number of carbonyl (C=O) groups excluding carboxylic acids is 2. The number of aryl methyl sites for hydroxylation is 1. The normalized spacial score (nSPS) is 11.7. The van der Waals surface area contributed by atoms with E-state index in [0.29, 0.717) is 5.69 Å². The van der Waals surface area contributed by atoms with Crippen LogP contribution >= 0.6 is 11.8 Å². The summed E-state index contributed by atoms with van der Waals surface area (Å²) in [5, 5.41) is 17.3. The molecule has 0 spiro atoms. The maximum atomic E-state index is 11.5. The Morgan fingerprint density at radius 2 is 2.20 bits per heavy atom. The van der Waals surface area contributed by atoms with Crippen molar-refractivity contribution in [2.24, 2.45) is 0 Å². The highest BCUT2D eigenvalue weighted by molar-refractivity contribution is 8.00. The van der Waals surface area contributed by atoms with Crippen LogP contribution in [0.4, 0.5) is 5.88 Å². The molecule has 3 N–H and O–H groups in total. The van der Waals surface area contributed by atoms with Gasteiger partial charge in [0.2, 0.25) is 17.7 Å². The molecule has 0 radical (unpaired) electrons. The summed E-state index contributed by atoms with van der Waals surface area (Å²) in [4.78, 5) is 33.2. The molecular weight excluding hydrogens is 286 g/mol. The van der Waals surface area contributed by atoms with Gasteiger partial charge in [0.1, 0.15) is 6.04 Å². The highest BCUT2D eigenvalue weighted by Crippen LogP contribution is 2.10. The molecule has 20 heavy (non-hydrogen) atoms. The fourth-order valence-electron chi connectivity index (χ4n) is 1.29. The number of hydrogen-bond acceptors (Lipinski definition) is 6. The molecule has 1 aromatic heterocycles. The van der Waals surface area contributed by atoms with E-state index in [4.69, 9.17) is 9.63 Å². The van der Waals surface area contributed by atoms with Gasteiger partial charge in [0.05, 0.1) is 11.4 Å². The Kier molecular flexibility index (Phi) is 6.04. The lowest BCUT2D eigenvalue weighted by atomic mass is 10.3. The van der Waals surface area contributed by atoms with Crippen LogP contribution in [0.15, 0.2) is 10.6 Å². The van der Waals surface area contributed by atoms with Crippen molar-refractivity contribution < 1.29 is 24.0 Å². The third kappa shape index (κ3) is 5.74. The summed E-state index contributed by atoms with van der Waals surface area (Å²) in [6.07, 6.45) is 0. The molecule has 1 heterocycles. The smallest absolute Gasteiger partial charge is 0.327 e. The number of nitrogens with one attached hydrogen (secondary N) is 2. The van der Waals surface area contributed by atoms with Crippen LogP contribution in [-0.2, 0) is 14.4 Å². The second-order valence-electron chi connectivity index (χ2n) is 3.99. The van der Waals surface area contributed by atoms with Crippen molar-refractivity contribution in [2.75, 3.05) is 16.8 Å². The van der Waals surface area contributed by atoms with Gasteiger partial charge < -0.3 is 14.9 Å². The van der Waals surface area contributed by atoms with Gasteiger partial charge in [0.15, 0.2) is 0 Å². The Morgan fingerprint density at radius 3 is 2.70 bits per heavy atom. The highest BCUT2D eigenvalue weighted by Gasteiger charge is 2.18. The molecule has 0 saturated heterocycles. The van der Waals surface area contributed by atoms with Crippen molar-refractivity contribution in [1.29, 1.82) is 0 Å². The van der Waals surface area contributed by atoms with E-state index in [0.717, 1.165) is 11.8 Å². The average molecular weight is 301 g/mol. The third-order valence-corrected chi connectivity index (χ3v) is 3.12. The molecule has 1 rings (SSSR count). The van der Waals surface area contributed by atoms with Crippen molar-refractivity contribution in [1.82, 2.24) is 10.5 Å². The molecule has 1 aromatic rings. The monoisotopic (exact) mass is 301 g/mol. The molecule has 110 valence electrons. The summed E-state index contributed by atoms with van der Waals surface area (Å²) in [5.41, 5.74) is 0.643. The predicted octanol–water partition coefficient (Wildman–Crippen LogP) is 0.244. The first-order valence-corrected chi connectivity index (χ1v) is 6.84. The molecule has 8 nitrogen and oxygen atoms in total. The summed E-state index contributed by atoms with van der Waals surface area (Å²) in [5.74, 6) is -1.53. The van der Waals surface area contributed by atoms with E-state index in [1.807, 2.05) is 0 Å². The molecule has 0 aromatic carbocycles.